The molecule has 3 aromatic heterocycles. The van der Waals surface area contributed by atoms with Crippen LogP contribution in [0, 0.1) is 45.3 Å². The van der Waals surface area contributed by atoms with Gasteiger partial charge < -0.3 is 18.9 Å². The van der Waals surface area contributed by atoms with Crippen molar-refractivity contribution in [3.63, 3.8) is 0 Å². The average molecular weight is 1220 g/mol. The van der Waals surface area contributed by atoms with Gasteiger partial charge in [-0.05, 0) is 71.2 Å². The second-order valence-electron chi connectivity index (χ2n) is 21.1. The number of esters is 4. The number of carbonyl (C=O) groups excluding carboxylic acids is 6. The summed E-state index contributed by atoms with van der Waals surface area (Å²) in [7, 11) is 0. The predicted octanol–water partition coefficient (Wildman–Crippen LogP) is 12.4. The van der Waals surface area contributed by atoms with Crippen LogP contribution in [0.2, 0.25) is 0 Å². The van der Waals surface area contributed by atoms with E-state index < -0.39 is 57.4 Å². The van der Waals surface area contributed by atoms with Crippen molar-refractivity contribution >= 4 is 112 Å². The molecule has 430 valence electrons. The van der Waals surface area contributed by atoms with Crippen molar-refractivity contribution < 1.29 is 47.7 Å². The Hall–Kier alpha value is -11.1. The van der Waals surface area contributed by atoms with Crippen LogP contribution in [0.25, 0.3) is 31.0 Å². The maximum absolute atomic E-state index is 15.9. The number of benzene rings is 4. The van der Waals surface area contributed by atoms with Gasteiger partial charge in [-0.15, -0.1) is 34.0 Å². The number of rotatable bonds is 14. The molecule has 0 bridgehead atoms. The molecule has 16 nitrogen and oxygen atoms in total. The lowest BCUT2D eigenvalue weighted by Gasteiger charge is -2.28. The summed E-state index contributed by atoms with van der Waals surface area (Å²) in [4.78, 5) is 104. The Bertz CT molecular complexity index is 4380. The maximum atomic E-state index is 15.9. The van der Waals surface area contributed by atoms with Crippen LogP contribution in [0.15, 0.2) is 212 Å². The Labute approximate surface area is 519 Å². The molecular formula is C70H42N6O10S3. The van der Waals surface area contributed by atoms with E-state index in [0.717, 1.165) is 34.0 Å². The first-order valence-electron chi connectivity index (χ1n) is 28.0. The van der Waals surface area contributed by atoms with Gasteiger partial charge in [0.15, 0.2) is 0 Å². The molecule has 7 aromatic rings. The van der Waals surface area contributed by atoms with Gasteiger partial charge in [0, 0.05) is 43.2 Å². The molecule has 6 aliphatic rings. The topological polar surface area (TPSA) is 259 Å². The monoisotopic (exact) mass is 1220 g/mol. The highest BCUT2D eigenvalue weighted by atomic mass is 32.1. The second-order valence-corrected chi connectivity index (χ2v) is 24.2. The predicted molar refractivity (Wildman–Crippen MR) is 332 cm³/mol. The van der Waals surface area contributed by atoms with E-state index in [-0.39, 0.29) is 82.7 Å². The van der Waals surface area contributed by atoms with Gasteiger partial charge in [0.05, 0.1) is 30.2 Å². The summed E-state index contributed by atoms with van der Waals surface area (Å²) >= 11 is 3.34. The summed E-state index contributed by atoms with van der Waals surface area (Å²) in [6, 6.07) is 42.6. The summed E-state index contributed by atoms with van der Waals surface area (Å²) in [5.41, 5.74) is -4.16. The van der Waals surface area contributed by atoms with Crippen LogP contribution < -0.4 is 0 Å². The number of nitrogens with zero attached hydrogens (tertiary/aromatic N) is 6. The third-order valence-corrected chi connectivity index (χ3v) is 19.9. The molecule has 4 aromatic carbocycles. The Morgan fingerprint density at radius 2 is 0.708 bits per heavy atom. The van der Waals surface area contributed by atoms with Crippen LogP contribution in [0.5, 0.6) is 0 Å². The van der Waals surface area contributed by atoms with Gasteiger partial charge >= 0.3 is 23.9 Å². The molecule has 0 saturated heterocycles. The molecule has 3 heterocycles. The molecule has 13 rings (SSSR count). The molecule has 0 unspecified atom stereocenters. The molecule has 0 amide bonds. The zero-order chi connectivity index (χ0) is 61.6. The van der Waals surface area contributed by atoms with Crippen molar-refractivity contribution in [1.29, 1.82) is 21.0 Å². The van der Waals surface area contributed by atoms with E-state index in [1.807, 2.05) is 24.3 Å². The van der Waals surface area contributed by atoms with Crippen molar-refractivity contribution in [2.24, 2.45) is 9.98 Å². The third-order valence-electron chi connectivity index (χ3n) is 16.0. The summed E-state index contributed by atoms with van der Waals surface area (Å²) in [5, 5.41) is 41.5. The normalized spacial score (nSPS) is 17.3. The number of hydrogen-bond acceptors (Lipinski definition) is 19. The van der Waals surface area contributed by atoms with Crippen molar-refractivity contribution in [2.45, 2.75) is 62.9 Å². The number of thiophene rings is 3. The molecule has 19 heteroatoms. The first-order chi connectivity index (χ1) is 43.4. The van der Waals surface area contributed by atoms with Crippen molar-refractivity contribution in [3.05, 3.63) is 245 Å². The minimum atomic E-state index is -2.65. The number of ether oxygens (including phenoxy) is 4. The van der Waals surface area contributed by atoms with Crippen LogP contribution in [-0.4, -0.2) is 46.9 Å². The highest BCUT2D eigenvalue weighted by molar-refractivity contribution is 7.39. The highest BCUT2D eigenvalue weighted by Gasteiger charge is 2.63. The summed E-state index contributed by atoms with van der Waals surface area (Å²) < 4.78 is 26.5. The zero-order valence-corrected chi connectivity index (χ0v) is 49.1. The largest absolute Gasteiger partial charge is 0.459 e. The molecule has 2 saturated carbocycles. The smallest absolute Gasteiger partial charge is 0.334 e. The highest BCUT2D eigenvalue weighted by Crippen LogP contribution is 2.61. The molecule has 0 radical (unpaired) electrons. The Kier molecular flexibility index (Phi) is 14.9. The lowest BCUT2D eigenvalue weighted by Crippen LogP contribution is -2.46. The molecule has 0 atom stereocenters. The Morgan fingerprint density at radius 1 is 0.416 bits per heavy atom. The fourth-order valence-corrected chi connectivity index (χ4v) is 16.5. The number of hydrogen-bond donors (Lipinski definition) is 0. The standard InChI is InChI=1S/C70H42N6O10S3/c71-31-43(32-72)53-45-25-13-15-27-47(45)59(77)57(53)75-51-29-49-55(69(51,65(79)83-35-39-17-5-1-6-18-39)66(80)84-36-40-19-7-2-8-20-40)61-63(87-49)64-62(89-61)56-50(88-64)30-52(76-58-54(44(33-73)34-74)46-26-14-16-28-48(46)60(58)78)70(56,67(81)85-37-41-21-9-3-10-22-41)68(82)86-38-42-23-11-4-12-24-42/h1-12,17-30H,13-16,35-38H2. The van der Waals surface area contributed by atoms with Gasteiger partial charge in [0.25, 0.3) is 0 Å². The lowest BCUT2D eigenvalue weighted by molar-refractivity contribution is -0.166. The number of Topliss-reactive ketones (excluding diaryl/α,β-unsaturated/α-hetero) is 2. The van der Waals surface area contributed by atoms with Gasteiger partial charge in [0.1, 0.15) is 73.3 Å². The van der Waals surface area contributed by atoms with E-state index in [0.29, 0.717) is 87.6 Å². The average Bonchev–Trinajstić information content (AvgIpc) is 1.52. The molecule has 89 heavy (non-hydrogen) atoms. The number of ketones is 2. The fourth-order valence-electron chi connectivity index (χ4n) is 11.9. The van der Waals surface area contributed by atoms with Gasteiger partial charge in [-0.25, -0.2) is 9.98 Å². The van der Waals surface area contributed by atoms with Crippen molar-refractivity contribution in [3.8, 4) is 24.3 Å². The summed E-state index contributed by atoms with van der Waals surface area (Å²) in [6.07, 6.45) is 11.8. The Balaban J connectivity index is 1.07. The minimum Gasteiger partial charge on any atom is -0.459 e. The van der Waals surface area contributed by atoms with E-state index in [4.69, 9.17) is 28.9 Å². The SMILES string of the molecule is N#CC(C#N)=C1C2=CCCC=C2C(=O)C1=NC1=Cc2sc3c(sc4c5c(sc43)C=C(N=C3C(=O)C4=CCCC=C4C3=C(C#N)C#N)C5(C(=O)OCc3ccccc3)C(=O)OCc3ccccc3)c2C1(C(=O)OCc1ccccc1)C(=O)OCc1ccccc1. The molecular weight excluding hydrogens is 1180 g/mol. The van der Waals surface area contributed by atoms with Gasteiger partial charge in [0.2, 0.25) is 22.4 Å². The van der Waals surface area contributed by atoms with E-state index in [2.05, 4.69) is 0 Å². The van der Waals surface area contributed by atoms with Crippen molar-refractivity contribution in [1.82, 2.24) is 0 Å². The van der Waals surface area contributed by atoms with Crippen LogP contribution in [0.1, 0.15) is 68.8 Å². The summed E-state index contributed by atoms with van der Waals surface area (Å²) in [6.45, 7) is -1.34. The molecule has 0 aliphatic heterocycles. The quantitative estimate of drug-likeness (QED) is 0.0424. The van der Waals surface area contributed by atoms with Crippen LogP contribution in [-0.2, 0) is 85.0 Å². The molecule has 0 N–H and O–H groups in total. The molecule has 0 spiro atoms. The van der Waals surface area contributed by atoms with E-state index in [1.54, 1.807) is 146 Å². The number of fused-ring (bicyclic) bond motifs is 9. The Morgan fingerprint density at radius 3 is 1.00 bits per heavy atom. The third kappa shape index (κ3) is 9.35. The first kappa shape index (κ1) is 57.0. The number of nitriles is 4. The number of carbonyl (C=O) groups is 6. The fraction of sp³-hybridized carbons (Fsp3) is 0.143. The van der Waals surface area contributed by atoms with E-state index >= 15 is 19.2 Å². The second kappa shape index (κ2) is 23.3. The van der Waals surface area contributed by atoms with E-state index in [1.165, 1.54) is 12.2 Å². The van der Waals surface area contributed by atoms with Gasteiger partial charge in [-0.3, -0.25) is 28.8 Å². The minimum absolute atomic E-state index is 0.0501. The number of allylic oxidation sites excluding steroid dienone is 12. The van der Waals surface area contributed by atoms with Crippen LogP contribution in [0.4, 0.5) is 0 Å². The first-order valence-corrected chi connectivity index (χ1v) is 30.4. The van der Waals surface area contributed by atoms with Crippen LogP contribution in [0.3, 0.4) is 0 Å². The van der Waals surface area contributed by atoms with Gasteiger partial charge in [-0.2, -0.15) is 21.0 Å². The number of aliphatic imine (C=N–C) groups is 2. The lowest BCUT2D eigenvalue weighted by atomic mass is 9.80. The van der Waals surface area contributed by atoms with Crippen LogP contribution >= 0.6 is 34.0 Å². The molecule has 6 aliphatic carbocycles. The molecule has 2 fully saturated rings. The maximum Gasteiger partial charge on any atom is 0.334 e. The van der Waals surface area contributed by atoms with Crippen molar-refractivity contribution in [2.75, 3.05) is 0 Å². The summed E-state index contributed by atoms with van der Waals surface area (Å²) in [5.74, 6) is -5.85. The zero-order valence-electron chi connectivity index (χ0n) is 46.7. The van der Waals surface area contributed by atoms with Gasteiger partial charge in [-0.1, -0.05) is 146 Å². The van der Waals surface area contributed by atoms with E-state index in [9.17, 15) is 30.6 Å².